The fourth-order valence-electron chi connectivity index (χ4n) is 1.08. The Morgan fingerprint density at radius 1 is 1.10 bits per heavy atom. The maximum Gasteiger partial charge on any atom is 0.472 e. The molecule has 0 aliphatic rings. The Morgan fingerprint density at radius 2 is 1.62 bits per heavy atom. The number of carbonyl (C=O) groups is 3. The summed E-state index contributed by atoms with van der Waals surface area (Å²) in [5, 5.41) is 2.18. The molecule has 0 aromatic rings. The van der Waals surface area contributed by atoms with Crippen LogP contribution in [0, 0.1) is 0 Å². The minimum absolute atomic E-state index is 0.0902. The van der Waals surface area contributed by atoms with E-state index in [2.05, 4.69) is 5.32 Å². The van der Waals surface area contributed by atoms with Gasteiger partial charge in [0.1, 0.15) is 11.6 Å². The largest absolute Gasteiger partial charge is 0.472 e. The van der Waals surface area contributed by atoms with Crippen LogP contribution in [0.4, 0.5) is 18.0 Å². The van der Waals surface area contributed by atoms with Crippen LogP contribution in [-0.4, -0.2) is 35.7 Å². The lowest BCUT2D eigenvalue weighted by atomic mass is 10.2. The topological polar surface area (TPSA) is 96.5 Å². The SMILES string of the molecule is CC[C@@H](NC(=O)OC(C)(C)C)C(=O)NNC(=O)C(F)(F)F. The molecular weight excluding hydrogens is 295 g/mol. The van der Waals surface area contributed by atoms with Crippen molar-refractivity contribution in [1.29, 1.82) is 0 Å². The molecule has 122 valence electrons. The summed E-state index contributed by atoms with van der Waals surface area (Å²) in [7, 11) is 0. The number of carbonyl (C=O) groups excluding carboxylic acids is 3. The summed E-state index contributed by atoms with van der Waals surface area (Å²) in [6.07, 6.45) is -5.92. The number of rotatable bonds is 3. The van der Waals surface area contributed by atoms with Gasteiger partial charge in [-0.25, -0.2) is 4.79 Å². The van der Waals surface area contributed by atoms with Gasteiger partial charge in [-0.2, -0.15) is 13.2 Å². The van der Waals surface area contributed by atoms with Crippen LogP contribution in [0.1, 0.15) is 34.1 Å². The molecule has 0 spiro atoms. The average Bonchev–Trinajstić information content (AvgIpc) is 2.28. The van der Waals surface area contributed by atoms with E-state index in [9.17, 15) is 27.6 Å². The van der Waals surface area contributed by atoms with Crippen LogP contribution in [0.15, 0.2) is 0 Å². The molecule has 0 saturated heterocycles. The van der Waals surface area contributed by atoms with Crippen molar-refractivity contribution in [2.24, 2.45) is 0 Å². The fourth-order valence-corrected chi connectivity index (χ4v) is 1.08. The molecule has 0 aromatic heterocycles. The summed E-state index contributed by atoms with van der Waals surface area (Å²) < 4.78 is 40.7. The highest BCUT2D eigenvalue weighted by Gasteiger charge is 2.39. The van der Waals surface area contributed by atoms with Crippen LogP contribution >= 0.6 is 0 Å². The van der Waals surface area contributed by atoms with Crippen molar-refractivity contribution in [3.05, 3.63) is 0 Å². The highest BCUT2D eigenvalue weighted by atomic mass is 19.4. The van der Waals surface area contributed by atoms with Gasteiger partial charge in [-0.1, -0.05) is 6.92 Å². The van der Waals surface area contributed by atoms with Crippen LogP contribution < -0.4 is 16.2 Å². The molecule has 0 aliphatic heterocycles. The molecule has 0 aromatic carbocycles. The molecule has 3 amide bonds. The molecule has 0 radical (unpaired) electrons. The molecule has 0 unspecified atom stereocenters. The van der Waals surface area contributed by atoms with E-state index in [1.165, 1.54) is 12.3 Å². The van der Waals surface area contributed by atoms with Gasteiger partial charge in [0, 0.05) is 0 Å². The van der Waals surface area contributed by atoms with Gasteiger partial charge in [0.25, 0.3) is 5.91 Å². The first-order valence-electron chi connectivity index (χ1n) is 6.03. The van der Waals surface area contributed by atoms with E-state index >= 15 is 0 Å². The predicted octanol–water partition coefficient (Wildman–Crippen LogP) is 0.999. The Labute approximate surface area is 119 Å². The third-order valence-corrected chi connectivity index (χ3v) is 1.97. The molecule has 0 rings (SSSR count). The zero-order chi connectivity index (χ0) is 16.8. The summed E-state index contributed by atoms with van der Waals surface area (Å²) in [5.74, 6) is -3.32. The summed E-state index contributed by atoms with van der Waals surface area (Å²) in [5.41, 5.74) is 1.99. The minimum Gasteiger partial charge on any atom is -0.444 e. The molecule has 0 saturated carbocycles. The standard InChI is InChI=1S/C11H18F3N3O4/c1-5-6(15-9(20)21-10(2,3)4)7(18)16-17-8(19)11(12,13)14/h6H,5H2,1-4H3,(H,15,20)(H,16,18)(H,17,19)/t6-/m1/s1. The van der Waals surface area contributed by atoms with E-state index in [1.54, 1.807) is 26.2 Å². The van der Waals surface area contributed by atoms with Crippen molar-refractivity contribution < 1.29 is 32.3 Å². The Hall–Kier alpha value is -2.00. The number of hydrogen-bond donors (Lipinski definition) is 3. The smallest absolute Gasteiger partial charge is 0.444 e. The second-order valence-corrected chi connectivity index (χ2v) is 5.05. The second-order valence-electron chi connectivity index (χ2n) is 5.05. The van der Waals surface area contributed by atoms with Crippen LogP contribution in [0.25, 0.3) is 0 Å². The Kier molecular flexibility index (Phi) is 6.46. The summed E-state index contributed by atoms with van der Waals surface area (Å²) >= 11 is 0. The van der Waals surface area contributed by atoms with Crippen molar-refractivity contribution in [3.63, 3.8) is 0 Å². The molecule has 7 nitrogen and oxygen atoms in total. The van der Waals surface area contributed by atoms with Crippen LogP contribution in [0.2, 0.25) is 0 Å². The lowest BCUT2D eigenvalue weighted by Gasteiger charge is -2.22. The second kappa shape index (κ2) is 7.14. The summed E-state index contributed by atoms with van der Waals surface area (Å²) in [6.45, 7) is 6.35. The summed E-state index contributed by atoms with van der Waals surface area (Å²) in [6, 6.07) is -1.15. The lowest BCUT2D eigenvalue weighted by molar-refractivity contribution is -0.175. The lowest BCUT2D eigenvalue weighted by Crippen LogP contribution is -2.54. The van der Waals surface area contributed by atoms with Crippen molar-refractivity contribution in [3.8, 4) is 0 Å². The fraction of sp³-hybridized carbons (Fsp3) is 0.727. The van der Waals surface area contributed by atoms with Gasteiger partial charge in [-0.05, 0) is 27.2 Å². The molecule has 0 bridgehead atoms. The van der Waals surface area contributed by atoms with E-state index in [-0.39, 0.29) is 6.42 Å². The van der Waals surface area contributed by atoms with Gasteiger partial charge < -0.3 is 10.1 Å². The highest BCUT2D eigenvalue weighted by Crippen LogP contribution is 2.13. The van der Waals surface area contributed by atoms with Crippen molar-refractivity contribution in [2.45, 2.75) is 51.9 Å². The van der Waals surface area contributed by atoms with Gasteiger partial charge in [-0.3, -0.25) is 20.4 Å². The van der Waals surface area contributed by atoms with E-state index in [4.69, 9.17) is 4.74 Å². The molecule has 0 aliphatic carbocycles. The normalized spacial score (nSPS) is 13.1. The van der Waals surface area contributed by atoms with E-state index < -0.39 is 35.7 Å². The number of hydrazine groups is 1. The molecule has 0 fully saturated rings. The number of amides is 3. The minimum atomic E-state index is -5.12. The first-order chi connectivity index (χ1) is 9.36. The van der Waals surface area contributed by atoms with Crippen LogP contribution in [0.3, 0.4) is 0 Å². The van der Waals surface area contributed by atoms with Gasteiger partial charge >= 0.3 is 18.2 Å². The number of alkyl carbamates (subject to hydrolysis) is 1. The average molecular weight is 313 g/mol. The van der Waals surface area contributed by atoms with Gasteiger partial charge in [0.2, 0.25) is 0 Å². The number of hydrogen-bond acceptors (Lipinski definition) is 4. The highest BCUT2D eigenvalue weighted by molar-refractivity contribution is 5.89. The van der Waals surface area contributed by atoms with E-state index in [1.807, 2.05) is 0 Å². The first kappa shape index (κ1) is 19.0. The molecule has 0 heterocycles. The molecule has 3 N–H and O–H groups in total. The monoisotopic (exact) mass is 313 g/mol. The molecule has 1 atom stereocenters. The molecule has 10 heteroatoms. The predicted molar refractivity (Wildman–Crippen MR) is 65.8 cm³/mol. The number of ether oxygens (including phenoxy) is 1. The van der Waals surface area contributed by atoms with Crippen molar-refractivity contribution in [1.82, 2.24) is 16.2 Å². The number of alkyl halides is 3. The maximum absolute atomic E-state index is 11.9. The van der Waals surface area contributed by atoms with Crippen molar-refractivity contribution >= 4 is 17.9 Å². The molecular formula is C11H18F3N3O4. The third-order valence-electron chi connectivity index (χ3n) is 1.97. The maximum atomic E-state index is 11.9. The zero-order valence-corrected chi connectivity index (χ0v) is 12.1. The van der Waals surface area contributed by atoms with E-state index in [0.717, 1.165) is 0 Å². The van der Waals surface area contributed by atoms with E-state index in [0.29, 0.717) is 0 Å². The Bertz CT molecular complexity index is 404. The summed E-state index contributed by atoms with van der Waals surface area (Å²) in [4.78, 5) is 33.5. The number of nitrogens with one attached hydrogen (secondary N) is 3. The Balaban J connectivity index is 4.44. The van der Waals surface area contributed by atoms with Gasteiger partial charge in [-0.15, -0.1) is 0 Å². The van der Waals surface area contributed by atoms with Crippen LogP contribution in [-0.2, 0) is 14.3 Å². The number of halogens is 3. The first-order valence-corrected chi connectivity index (χ1v) is 6.03. The zero-order valence-electron chi connectivity index (χ0n) is 12.1. The van der Waals surface area contributed by atoms with Gasteiger partial charge in [0.15, 0.2) is 0 Å². The Morgan fingerprint density at radius 3 is 2.00 bits per heavy atom. The quantitative estimate of drug-likeness (QED) is 0.677. The van der Waals surface area contributed by atoms with Crippen molar-refractivity contribution in [2.75, 3.05) is 0 Å². The molecule has 21 heavy (non-hydrogen) atoms. The van der Waals surface area contributed by atoms with Gasteiger partial charge in [0.05, 0.1) is 0 Å². The third kappa shape index (κ3) is 8.00. The van der Waals surface area contributed by atoms with Crippen LogP contribution in [0.5, 0.6) is 0 Å².